The number of carboxylic acid groups (broad SMARTS) is 1. The van der Waals surface area contributed by atoms with E-state index in [0.29, 0.717) is 33.5 Å². The Morgan fingerprint density at radius 2 is 1.68 bits per heavy atom. The number of halogens is 4. The number of nitrogens with one attached hydrogen (secondary N) is 1. The SMILES string of the molecule is CN(C)c1nc(SCc2ccc(NC(=O)OCc3ccc(C(F)(F)F)cc3)cc2)nc(Cl)c1CC(=O)O. The topological polar surface area (TPSA) is 105 Å². The standard InChI is InChI=1S/C24H22ClF3N4O4S/c1-32(2)21-18(11-19(33)34)20(25)30-22(31-21)37-13-15-5-9-17(10-6-15)29-23(35)36-12-14-3-7-16(8-4-14)24(26,27)28/h3-10H,11-13H2,1-2H3,(H,29,35)(H,33,34). The second-order valence-corrected chi connectivity index (χ2v) is 9.25. The molecule has 0 aliphatic carbocycles. The maximum absolute atomic E-state index is 12.6. The van der Waals surface area contributed by atoms with E-state index in [2.05, 4.69) is 15.3 Å². The van der Waals surface area contributed by atoms with Crippen LogP contribution in [0.3, 0.4) is 0 Å². The Morgan fingerprint density at radius 1 is 1.05 bits per heavy atom. The molecule has 0 atom stereocenters. The van der Waals surface area contributed by atoms with Crippen LogP contribution in [0.1, 0.15) is 22.3 Å². The van der Waals surface area contributed by atoms with Gasteiger partial charge in [-0.2, -0.15) is 13.2 Å². The number of anilines is 2. The van der Waals surface area contributed by atoms with Gasteiger partial charge < -0.3 is 14.7 Å². The molecule has 13 heteroatoms. The molecule has 3 aromatic rings. The number of alkyl halides is 3. The molecular weight excluding hydrogens is 533 g/mol. The van der Waals surface area contributed by atoms with Crippen molar-refractivity contribution in [2.75, 3.05) is 24.3 Å². The van der Waals surface area contributed by atoms with Gasteiger partial charge >= 0.3 is 18.2 Å². The minimum atomic E-state index is -4.43. The number of benzene rings is 2. The van der Waals surface area contributed by atoms with Gasteiger partial charge in [0.25, 0.3) is 0 Å². The van der Waals surface area contributed by atoms with E-state index in [1.165, 1.54) is 23.9 Å². The second kappa shape index (κ2) is 12.2. The van der Waals surface area contributed by atoms with Crippen LogP contribution in [0.4, 0.5) is 29.5 Å². The summed E-state index contributed by atoms with van der Waals surface area (Å²) in [5.74, 6) is -0.120. The Hall–Kier alpha value is -3.51. The van der Waals surface area contributed by atoms with E-state index in [1.807, 2.05) is 0 Å². The number of ether oxygens (including phenoxy) is 1. The van der Waals surface area contributed by atoms with Crippen LogP contribution in [0, 0.1) is 0 Å². The third-order valence-electron chi connectivity index (χ3n) is 4.89. The number of carbonyl (C=O) groups is 2. The molecule has 0 bridgehead atoms. The van der Waals surface area contributed by atoms with Gasteiger partial charge in [-0.05, 0) is 35.4 Å². The molecule has 0 aliphatic heterocycles. The predicted molar refractivity (Wildman–Crippen MR) is 134 cm³/mol. The van der Waals surface area contributed by atoms with Gasteiger partial charge in [-0.25, -0.2) is 14.8 Å². The summed E-state index contributed by atoms with van der Waals surface area (Å²) >= 11 is 7.52. The van der Waals surface area contributed by atoms with E-state index in [0.717, 1.165) is 17.7 Å². The van der Waals surface area contributed by atoms with Crippen molar-refractivity contribution in [3.8, 4) is 0 Å². The van der Waals surface area contributed by atoms with Crippen molar-refractivity contribution in [1.29, 1.82) is 0 Å². The van der Waals surface area contributed by atoms with Gasteiger partial charge in [-0.15, -0.1) is 0 Å². The fraction of sp³-hybridized carbons (Fsp3) is 0.250. The summed E-state index contributed by atoms with van der Waals surface area (Å²) in [5.41, 5.74) is 1.35. The van der Waals surface area contributed by atoms with Crippen LogP contribution in [0.5, 0.6) is 0 Å². The minimum Gasteiger partial charge on any atom is -0.481 e. The van der Waals surface area contributed by atoms with Crippen LogP contribution in [0.15, 0.2) is 53.7 Å². The molecule has 0 fully saturated rings. The number of carbonyl (C=O) groups excluding carboxylic acids is 1. The first kappa shape index (κ1) is 28.1. The van der Waals surface area contributed by atoms with Crippen LogP contribution in [0.2, 0.25) is 5.15 Å². The number of amides is 1. The molecule has 0 saturated heterocycles. The van der Waals surface area contributed by atoms with Crippen LogP contribution < -0.4 is 10.2 Å². The molecule has 0 unspecified atom stereocenters. The molecule has 2 N–H and O–H groups in total. The van der Waals surface area contributed by atoms with Crippen LogP contribution in [-0.2, 0) is 34.5 Å². The van der Waals surface area contributed by atoms with Crippen molar-refractivity contribution >= 4 is 46.9 Å². The predicted octanol–water partition coefficient (Wildman–Crippen LogP) is 5.88. The Bertz CT molecular complexity index is 1260. The van der Waals surface area contributed by atoms with Crippen molar-refractivity contribution in [2.24, 2.45) is 0 Å². The number of hydrogen-bond acceptors (Lipinski definition) is 7. The second-order valence-electron chi connectivity index (χ2n) is 7.95. The maximum atomic E-state index is 12.6. The molecule has 196 valence electrons. The van der Waals surface area contributed by atoms with Gasteiger partial charge in [0.2, 0.25) is 0 Å². The zero-order chi connectivity index (χ0) is 27.2. The quantitative estimate of drug-likeness (QED) is 0.192. The van der Waals surface area contributed by atoms with Gasteiger partial charge in [-0.1, -0.05) is 47.6 Å². The highest BCUT2D eigenvalue weighted by atomic mass is 35.5. The average molecular weight is 555 g/mol. The van der Waals surface area contributed by atoms with Gasteiger partial charge in [-0.3, -0.25) is 10.1 Å². The third-order valence-corrected chi connectivity index (χ3v) is 6.12. The first-order valence-electron chi connectivity index (χ1n) is 10.7. The summed E-state index contributed by atoms with van der Waals surface area (Å²) in [4.78, 5) is 33.5. The largest absolute Gasteiger partial charge is 0.481 e. The lowest BCUT2D eigenvalue weighted by Gasteiger charge is -2.17. The van der Waals surface area contributed by atoms with Crippen molar-refractivity contribution in [2.45, 2.75) is 30.1 Å². The van der Waals surface area contributed by atoms with Crippen LogP contribution in [-0.4, -0.2) is 41.2 Å². The number of thioether (sulfide) groups is 1. The van der Waals surface area contributed by atoms with Crippen molar-refractivity contribution in [1.82, 2.24) is 9.97 Å². The molecular formula is C24H22ClF3N4O4S. The lowest BCUT2D eigenvalue weighted by Crippen LogP contribution is -2.17. The number of carboxylic acids is 1. The van der Waals surface area contributed by atoms with Crippen molar-refractivity contribution in [3.63, 3.8) is 0 Å². The van der Waals surface area contributed by atoms with E-state index in [-0.39, 0.29) is 18.2 Å². The normalized spacial score (nSPS) is 11.2. The molecule has 3 rings (SSSR count). The first-order chi connectivity index (χ1) is 17.4. The van der Waals surface area contributed by atoms with E-state index >= 15 is 0 Å². The smallest absolute Gasteiger partial charge is 0.416 e. The average Bonchev–Trinajstić information content (AvgIpc) is 2.83. The molecule has 1 heterocycles. The number of aromatic nitrogens is 2. The molecule has 2 aromatic carbocycles. The summed E-state index contributed by atoms with van der Waals surface area (Å²) in [5, 5.41) is 12.1. The first-order valence-corrected chi connectivity index (χ1v) is 12.1. The Labute approximate surface area is 219 Å². The maximum Gasteiger partial charge on any atom is 0.416 e. The summed E-state index contributed by atoms with van der Waals surface area (Å²) in [6.07, 6.45) is -5.47. The van der Waals surface area contributed by atoms with E-state index in [9.17, 15) is 22.8 Å². The zero-order valence-electron chi connectivity index (χ0n) is 19.7. The molecule has 0 aliphatic rings. The van der Waals surface area contributed by atoms with E-state index in [4.69, 9.17) is 21.4 Å². The van der Waals surface area contributed by atoms with Gasteiger partial charge in [0.15, 0.2) is 5.16 Å². The molecule has 0 spiro atoms. The van der Waals surface area contributed by atoms with Crippen molar-refractivity contribution < 1.29 is 32.6 Å². The summed E-state index contributed by atoms with van der Waals surface area (Å²) in [7, 11) is 3.47. The molecule has 1 amide bonds. The zero-order valence-corrected chi connectivity index (χ0v) is 21.2. The molecule has 0 radical (unpaired) electrons. The highest BCUT2D eigenvalue weighted by Gasteiger charge is 2.30. The summed E-state index contributed by atoms with van der Waals surface area (Å²) in [6, 6.07) is 11.3. The Kier molecular flexibility index (Phi) is 9.22. The van der Waals surface area contributed by atoms with E-state index in [1.54, 1.807) is 43.3 Å². The lowest BCUT2D eigenvalue weighted by molar-refractivity contribution is -0.138. The highest BCUT2D eigenvalue weighted by molar-refractivity contribution is 7.98. The highest BCUT2D eigenvalue weighted by Crippen LogP contribution is 2.30. The van der Waals surface area contributed by atoms with Crippen molar-refractivity contribution in [3.05, 3.63) is 75.9 Å². The number of rotatable bonds is 9. The number of aliphatic carboxylic acids is 1. The van der Waals surface area contributed by atoms with Gasteiger partial charge in [0, 0.05) is 31.1 Å². The number of nitrogens with zero attached hydrogens (tertiary/aromatic N) is 3. The molecule has 37 heavy (non-hydrogen) atoms. The minimum absolute atomic E-state index is 0.0814. The molecule has 1 aromatic heterocycles. The van der Waals surface area contributed by atoms with E-state index < -0.39 is 23.8 Å². The number of hydrogen-bond donors (Lipinski definition) is 2. The molecule has 0 saturated carbocycles. The fourth-order valence-electron chi connectivity index (χ4n) is 3.09. The molecule has 8 nitrogen and oxygen atoms in total. The Balaban J connectivity index is 1.53. The Morgan fingerprint density at radius 3 is 2.24 bits per heavy atom. The monoisotopic (exact) mass is 554 g/mol. The fourth-order valence-corrected chi connectivity index (χ4v) is 4.17. The summed E-state index contributed by atoms with van der Waals surface area (Å²) in [6.45, 7) is -0.179. The third kappa shape index (κ3) is 8.25. The van der Waals surface area contributed by atoms with Crippen LogP contribution >= 0.6 is 23.4 Å². The summed E-state index contributed by atoms with van der Waals surface area (Å²) < 4.78 is 42.9. The van der Waals surface area contributed by atoms with Gasteiger partial charge in [0.1, 0.15) is 17.6 Å². The lowest BCUT2D eigenvalue weighted by atomic mass is 10.1. The van der Waals surface area contributed by atoms with Gasteiger partial charge in [0.05, 0.1) is 12.0 Å². The van der Waals surface area contributed by atoms with Crippen LogP contribution in [0.25, 0.3) is 0 Å².